The van der Waals surface area contributed by atoms with E-state index in [0.717, 1.165) is 0 Å². The van der Waals surface area contributed by atoms with Crippen molar-refractivity contribution in [2.75, 3.05) is 6.54 Å². The minimum atomic E-state index is -1.04. The van der Waals surface area contributed by atoms with Crippen LogP contribution >= 0.6 is 0 Å². The molecule has 0 aliphatic rings. The standard InChI is InChI=1S/C15H18N4O3/c1-3-11(2)18(10-14(20)21)15(22)12-6-4-7-13(17-12)19-9-5-8-16-19/h4-9,11H,3,10H2,1-2H3,(H,20,21). The van der Waals surface area contributed by atoms with Gasteiger partial charge in [-0.15, -0.1) is 0 Å². The van der Waals surface area contributed by atoms with Gasteiger partial charge in [0.15, 0.2) is 5.82 Å². The number of amides is 1. The van der Waals surface area contributed by atoms with Crippen LogP contribution in [0.3, 0.4) is 0 Å². The Bertz CT molecular complexity index is 655. The van der Waals surface area contributed by atoms with Crippen molar-refractivity contribution in [1.82, 2.24) is 19.7 Å². The summed E-state index contributed by atoms with van der Waals surface area (Å²) >= 11 is 0. The van der Waals surface area contributed by atoms with Gasteiger partial charge in [-0.1, -0.05) is 13.0 Å². The van der Waals surface area contributed by atoms with Gasteiger partial charge < -0.3 is 10.0 Å². The predicted molar refractivity (Wildman–Crippen MR) is 79.8 cm³/mol. The molecule has 22 heavy (non-hydrogen) atoms. The highest BCUT2D eigenvalue weighted by Gasteiger charge is 2.24. The maximum absolute atomic E-state index is 12.6. The minimum absolute atomic E-state index is 0.182. The number of nitrogens with zero attached hydrogens (tertiary/aromatic N) is 4. The molecule has 0 aromatic carbocycles. The third kappa shape index (κ3) is 3.49. The van der Waals surface area contributed by atoms with Crippen LogP contribution in [0, 0.1) is 0 Å². The van der Waals surface area contributed by atoms with E-state index in [2.05, 4.69) is 10.1 Å². The Morgan fingerprint density at radius 3 is 2.73 bits per heavy atom. The van der Waals surface area contributed by atoms with Crippen molar-refractivity contribution in [3.63, 3.8) is 0 Å². The lowest BCUT2D eigenvalue weighted by molar-refractivity contribution is -0.138. The van der Waals surface area contributed by atoms with Crippen LogP contribution < -0.4 is 0 Å². The Labute approximate surface area is 128 Å². The summed E-state index contributed by atoms with van der Waals surface area (Å²) < 4.78 is 1.54. The molecular weight excluding hydrogens is 284 g/mol. The highest BCUT2D eigenvalue weighted by Crippen LogP contribution is 2.11. The predicted octanol–water partition coefficient (Wildman–Crippen LogP) is 1.59. The molecule has 0 aliphatic carbocycles. The van der Waals surface area contributed by atoms with Crippen LogP contribution in [0.15, 0.2) is 36.7 Å². The van der Waals surface area contributed by atoms with Crippen LogP contribution in [-0.2, 0) is 4.79 Å². The molecule has 2 heterocycles. The lowest BCUT2D eigenvalue weighted by Crippen LogP contribution is -2.42. The van der Waals surface area contributed by atoms with Gasteiger partial charge in [0.1, 0.15) is 12.2 Å². The minimum Gasteiger partial charge on any atom is -0.480 e. The van der Waals surface area contributed by atoms with Crippen molar-refractivity contribution in [3.05, 3.63) is 42.4 Å². The van der Waals surface area contributed by atoms with Crippen LogP contribution in [0.4, 0.5) is 0 Å². The largest absolute Gasteiger partial charge is 0.480 e. The molecule has 1 amide bonds. The summed E-state index contributed by atoms with van der Waals surface area (Å²) in [6, 6.07) is 6.58. The van der Waals surface area contributed by atoms with Crippen LogP contribution in [0.25, 0.3) is 5.82 Å². The zero-order valence-corrected chi connectivity index (χ0v) is 12.5. The van der Waals surface area contributed by atoms with E-state index in [0.29, 0.717) is 12.2 Å². The van der Waals surface area contributed by atoms with Crippen molar-refractivity contribution in [2.24, 2.45) is 0 Å². The normalized spacial score (nSPS) is 11.9. The molecular formula is C15H18N4O3. The van der Waals surface area contributed by atoms with Gasteiger partial charge in [0.05, 0.1) is 0 Å². The van der Waals surface area contributed by atoms with E-state index >= 15 is 0 Å². The van der Waals surface area contributed by atoms with Gasteiger partial charge in [-0.25, -0.2) is 9.67 Å². The lowest BCUT2D eigenvalue weighted by Gasteiger charge is -2.26. The van der Waals surface area contributed by atoms with Gasteiger partial charge in [-0.3, -0.25) is 9.59 Å². The highest BCUT2D eigenvalue weighted by molar-refractivity contribution is 5.94. The fraction of sp³-hybridized carbons (Fsp3) is 0.333. The summed E-state index contributed by atoms with van der Waals surface area (Å²) in [4.78, 5) is 29.2. The van der Waals surface area contributed by atoms with Crippen LogP contribution in [-0.4, -0.2) is 49.2 Å². The van der Waals surface area contributed by atoms with Gasteiger partial charge in [0, 0.05) is 18.4 Å². The van der Waals surface area contributed by atoms with Gasteiger partial charge in [-0.05, 0) is 31.5 Å². The molecule has 0 saturated heterocycles. The molecule has 0 saturated carbocycles. The monoisotopic (exact) mass is 302 g/mol. The Morgan fingerprint density at radius 2 is 2.14 bits per heavy atom. The third-order valence-electron chi connectivity index (χ3n) is 3.38. The average Bonchev–Trinajstić information content (AvgIpc) is 3.05. The zero-order valence-electron chi connectivity index (χ0n) is 12.5. The summed E-state index contributed by atoms with van der Waals surface area (Å²) in [5, 5.41) is 13.1. The van der Waals surface area contributed by atoms with Crippen molar-refractivity contribution in [2.45, 2.75) is 26.3 Å². The number of hydrogen-bond donors (Lipinski definition) is 1. The Balaban J connectivity index is 2.30. The summed E-state index contributed by atoms with van der Waals surface area (Å²) in [7, 11) is 0. The van der Waals surface area contributed by atoms with Crippen LogP contribution in [0.5, 0.6) is 0 Å². The molecule has 1 unspecified atom stereocenters. The van der Waals surface area contributed by atoms with E-state index in [1.807, 2.05) is 13.8 Å². The van der Waals surface area contributed by atoms with E-state index in [-0.39, 0.29) is 18.3 Å². The zero-order chi connectivity index (χ0) is 16.1. The fourth-order valence-corrected chi connectivity index (χ4v) is 2.02. The molecule has 0 spiro atoms. The van der Waals surface area contributed by atoms with Gasteiger partial charge in [-0.2, -0.15) is 5.10 Å². The molecule has 7 heteroatoms. The van der Waals surface area contributed by atoms with Crippen molar-refractivity contribution in [1.29, 1.82) is 0 Å². The van der Waals surface area contributed by atoms with Crippen LogP contribution in [0.1, 0.15) is 30.8 Å². The first-order chi connectivity index (χ1) is 10.5. The van der Waals surface area contributed by atoms with Gasteiger partial charge >= 0.3 is 5.97 Å². The first-order valence-electron chi connectivity index (χ1n) is 7.02. The Morgan fingerprint density at radius 1 is 1.36 bits per heavy atom. The second-order valence-corrected chi connectivity index (χ2v) is 4.92. The molecule has 116 valence electrons. The number of carbonyl (C=O) groups excluding carboxylic acids is 1. The summed E-state index contributed by atoms with van der Waals surface area (Å²) in [6.45, 7) is 3.38. The van der Waals surface area contributed by atoms with Crippen molar-refractivity contribution in [3.8, 4) is 5.82 Å². The second-order valence-electron chi connectivity index (χ2n) is 4.92. The number of carboxylic acid groups (broad SMARTS) is 1. The van der Waals surface area contributed by atoms with Crippen molar-refractivity contribution >= 4 is 11.9 Å². The highest BCUT2D eigenvalue weighted by atomic mass is 16.4. The Kier molecular flexibility index (Phi) is 4.88. The molecule has 0 aliphatic heterocycles. The average molecular weight is 302 g/mol. The van der Waals surface area contributed by atoms with Gasteiger partial charge in [0.25, 0.3) is 5.91 Å². The number of pyridine rings is 1. The topological polar surface area (TPSA) is 88.3 Å². The number of hydrogen-bond acceptors (Lipinski definition) is 4. The van der Waals surface area contributed by atoms with Crippen LogP contribution in [0.2, 0.25) is 0 Å². The number of aromatic nitrogens is 3. The van der Waals surface area contributed by atoms with Gasteiger partial charge in [0.2, 0.25) is 0 Å². The quantitative estimate of drug-likeness (QED) is 0.875. The molecule has 2 aromatic rings. The number of rotatable bonds is 6. The number of carboxylic acids is 1. The fourth-order valence-electron chi connectivity index (χ4n) is 2.02. The molecule has 2 rings (SSSR count). The first kappa shape index (κ1) is 15.7. The van der Waals surface area contributed by atoms with Crippen molar-refractivity contribution < 1.29 is 14.7 Å². The molecule has 7 nitrogen and oxygen atoms in total. The molecule has 0 fully saturated rings. The molecule has 1 N–H and O–H groups in total. The Hall–Kier alpha value is -2.70. The third-order valence-corrected chi connectivity index (χ3v) is 3.38. The lowest BCUT2D eigenvalue weighted by atomic mass is 10.2. The molecule has 1 atom stereocenters. The number of carbonyl (C=O) groups is 2. The molecule has 0 bridgehead atoms. The summed E-state index contributed by atoms with van der Waals surface area (Å²) in [5.41, 5.74) is 0.203. The van der Waals surface area contributed by atoms with E-state index in [4.69, 9.17) is 5.11 Å². The maximum atomic E-state index is 12.6. The maximum Gasteiger partial charge on any atom is 0.323 e. The van der Waals surface area contributed by atoms with E-state index in [9.17, 15) is 9.59 Å². The number of aliphatic carboxylic acids is 1. The second kappa shape index (κ2) is 6.84. The SMILES string of the molecule is CCC(C)N(CC(=O)O)C(=O)c1cccc(-n2cccn2)n1. The van der Waals surface area contributed by atoms with E-state index < -0.39 is 11.9 Å². The summed E-state index contributed by atoms with van der Waals surface area (Å²) in [5.74, 6) is -0.932. The van der Waals surface area contributed by atoms with E-state index in [1.54, 1.807) is 41.3 Å². The molecule has 0 radical (unpaired) electrons. The molecule has 2 aromatic heterocycles. The smallest absolute Gasteiger partial charge is 0.323 e. The first-order valence-corrected chi connectivity index (χ1v) is 7.02. The summed E-state index contributed by atoms with van der Waals surface area (Å²) in [6.07, 6.45) is 4.00. The van der Waals surface area contributed by atoms with E-state index in [1.165, 1.54) is 4.90 Å².